The van der Waals surface area contributed by atoms with E-state index in [0.717, 1.165) is 18.6 Å². The summed E-state index contributed by atoms with van der Waals surface area (Å²) in [7, 11) is -3.89. The van der Waals surface area contributed by atoms with E-state index in [-0.39, 0.29) is 21.9 Å². The third kappa shape index (κ3) is 2.99. The second-order valence-electron chi connectivity index (χ2n) is 5.06. The fourth-order valence-corrected chi connectivity index (χ4v) is 5.01. The molecular formula is C11H17N3O4S2. The fourth-order valence-electron chi connectivity index (χ4n) is 2.19. The van der Waals surface area contributed by atoms with Crippen molar-refractivity contribution in [2.45, 2.75) is 36.3 Å². The molecule has 1 aliphatic heterocycles. The van der Waals surface area contributed by atoms with Crippen molar-refractivity contribution in [2.75, 3.05) is 12.3 Å². The minimum atomic E-state index is -3.89. The van der Waals surface area contributed by atoms with E-state index in [1.54, 1.807) is 11.8 Å². The van der Waals surface area contributed by atoms with E-state index in [0.29, 0.717) is 0 Å². The summed E-state index contributed by atoms with van der Waals surface area (Å²) in [4.78, 5) is 10.7. The molecule has 0 radical (unpaired) electrons. The van der Waals surface area contributed by atoms with Crippen LogP contribution in [0, 0.1) is 6.92 Å². The Bertz CT molecular complexity index is 618. The highest BCUT2D eigenvalue weighted by atomic mass is 32.2. The van der Waals surface area contributed by atoms with Gasteiger partial charge < -0.3 is 5.11 Å². The minimum Gasteiger partial charge on any atom is -0.476 e. The van der Waals surface area contributed by atoms with Crippen LogP contribution in [-0.4, -0.2) is 46.7 Å². The molecule has 1 aliphatic rings. The molecule has 20 heavy (non-hydrogen) atoms. The van der Waals surface area contributed by atoms with Crippen molar-refractivity contribution < 1.29 is 18.3 Å². The number of aromatic amines is 1. The van der Waals surface area contributed by atoms with Gasteiger partial charge in [-0.2, -0.15) is 16.9 Å². The number of nitrogens with one attached hydrogen (secondary N) is 2. The predicted octanol–water partition coefficient (Wildman–Crippen LogP) is 0.980. The summed E-state index contributed by atoms with van der Waals surface area (Å²) >= 11 is 1.73. The molecule has 0 saturated carbocycles. The van der Waals surface area contributed by atoms with Crippen LogP contribution < -0.4 is 4.72 Å². The summed E-state index contributed by atoms with van der Waals surface area (Å²) in [5.74, 6) is -0.347. The first kappa shape index (κ1) is 15.3. The number of aryl methyl sites for hydroxylation is 1. The van der Waals surface area contributed by atoms with Crippen LogP contribution in [0.15, 0.2) is 4.90 Å². The highest BCUT2D eigenvalue weighted by Crippen LogP contribution is 2.37. The van der Waals surface area contributed by atoms with Gasteiger partial charge in [-0.1, -0.05) is 0 Å². The van der Waals surface area contributed by atoms with Crippen molar-refractivity contribution in [3.8, 4) is 0 Å². The van der Waals surface area contributed by atoms with Gasteiger partial charge in [-0.15, -0.1) is 0 Å². The number of rotatable bonds is 5. The first-order valence-electron chi connectivity index (χ1n) is 6.17. The van der Waals surface area contributed by atoms with Gasteiger partial charge in [0.15, 0.2) is 5.69 Å². The average Bonchev–Trinajstić information content (AvgIpc) is 2.94. The molecule has 1 fully saturated rings. The molecule has 0 bridgehead atoms. The van der Waals surface area contributed by atoms with E-state index in [2.05, 4.69) is 14.9 Å². The van der Waals surface area contributed by atoms with Crippen LogP contribution in [0.4, 0.5) is 0 Å². The van der Waals surface area contributed by atoms with Gasteiger partial charge >= 0.3 is 5.97 Å². The monoisotopic (exact) mass is 319 g/mol. The maximum absolute atomic E-state index is 12.3. The maximum atomic E-state index is 12.3. The lowest BCUT2D eigenvalue weighted by molar-refractivity contribution is 0.0686. The van der Waals surface area contributed by atoms with E-state index in [9.17, 15) is 13.2 Å². The maximum Gasteiger partial charge on any atom is 0.357 e. The van der Waals surface area contributed by atoms with E-state index >= 15 is 0 Å². The molecule has 1 atom stereocenters. The first-order valence-corrected chi connectivity index (χ1v) is 8.64. The summed E-state index contributed by atoms with van der Waals surface area (Å²) in [5.41, 5.74) is -0.252. The Balaban J connectivity index is 2.22. The third-order valence-corrected chi connectivity index (χ3v) is 6.40. The van der Waals surface area contributed by atoms with Crippen molar-refractivity contribution in [1.29, 1.82) is 0 Å². The molecule has 1 unspecified atom stereocenters. The number of sulfonamides is 1. The molecule has 112 valence electrons. The van der Waals surface area contributed by atoms with E-state index < -0.39 is 21.7 Å². The number of H-pyrrole nitrogens is 1. The Morgan fingerprint density at radius 2 is 2.30 bits per heavy atom. The third-order valence-electron chi connectivity index (χ3n) is 3.30. The smallest absolute Gasteiger partial charge is 0.357 e. The van der Waals surface area contributed by atoms with Crippen LogP contribution in [0.1, 0.15) is 35.9 Å². The Morgan fingerprint density at radius 1 is 1.60 bits per heavy atom. The fraction of sp³-hybridized carbons (Fsp3) is 0.636. The van der Waals surface area contributed by atoms with Crippen LogP contribution in [0.5, 0.6) is 0 Å². The van der Waals surface area contributed by atoms with E-state index in [1.165, 1.54) is 6.92 Å². The van der Waals surface area contributed by atoms with Gasteiger partial charge in [-0.05, 0) is 32.4 Å². The number of hydrogen-bond donors (Lipinski definition) is 3. The summed E-state index contributed by atoms with van der Waals surface area (Å²) in [6, 6.07) is 0. The lowest BCUT2D eigenvalue weighted by atomic mass is 10.1. The summed E-state index contributed by atoms with van der Waals surface area (Å²) in [6.07, 6.45) is 2.00. The van der Waals surface area contributed by atoms with Gasteiger partial charge in [0.1, 0.15) is 4.90 Å². The van der Waals surface area contributed by atoms with Crippen molar-refractivity contribution in [3.05, 3.63) is 11.4 Å². The van der Waals surface area contributed by atoms with Crippen LogP contribution >= 0.6 is 11.8 Å². The van der Waals surface area contributed by atoms with Gasteiger partial charge in [0.05, 0.1) is 5.69 Å². The lowest BCUT2D eigenvalue weighted by Crippen LogP contribution is -2.37. The molecular weight excluding hydrogens is 302 g/mol. The first-order chi connectivity index (χ1) is 9.25. The van der Waals surface area contributed by atoms with Gasteiger partial charge in [0.25, 0.3) is 0 Å². The lowest BCUT2D eigenvalue weighted by Gasteiger charge is -2.22. The van der Waals surface area contributed by atoms with Crippen LogP contribution in [0.3, 0.4) is 0 Å². The molecule has 1 saturated heterocycles. The quantitative estimate of drug-likeness (QED) is 0.746. The van der Waals surface area contributed by atoms with Crippen molar-refractivity contribution >= 4 is 27.8 Å². The second-order valence-corrected chi connectivity index (χ2v) is 8.44. The van der Waals surface area contributed by atoms with Gasteiger partial charge in [-0.3, -0.25) is 5.10 Å². The normalized spacial score (nSPS) is 23.1. The van der Waals surface area contributed by atoms with Crippen LogP contribution in [0.2, 0.25) is 0 Å². The molecule has 9 heteroatoms. The molecule has 1 aromatic heterocycles. The molecule has 7 nitrogen and oxygen atoms in total. The summed E-state index contributed by atoms with van der Waals surface area (Å²) in [5, 5.41) is 14.9. The largest absolute Gasteiger partial charge is 0.476 e. The zero-order valence-corrected chi connectivity index (χ0v) is 12.9. The number of thioether (sulfide) groups is 1. The molecule has 0 spiro atoms. The SMILES string of the molecule is Cc1[nH]nc(C(=O)O)c1S(=O)(=O)NCC1(C)CCCS1. The minimum absolute atomic E-state index is 0.131. The Kier molecular flexibility index (Phi) is 4.12. The number of carboxylic acid groups (broad SMARTS) is 1. The van der Waals surface area contributed by atoms with Gasteiger partial charge in [0.2, 0.25) is 10.0 Å². The van der Waals surface area contributed by atoms with E-state index in [1.807, 2.05) is 6.92 Å². The average molecular weight is 319 g/mol. The van der Waals surface area contributed by atoms with Crippen molar-refractivity contribution in [3.63, 3.8) is 0 Å². The topological polar surface area (TPSA) is 112 Å². The molecule has 0 aliphatic carbocycles. The predicted molar refractivity (Wildman–Crippen MR) is 75.6 cm³/mol. The number of carboxylic acids is 1. The summed E-state index contributed by atoms with van der Waals surface area (Å²) < 4.78 is 27.0. The number of carbonyl (C=O) groups is 1. The van der Waals surface area contributed by atoms with Crippen molar-refractivity contribution in [2.24, 2.45) is 0 Å². The molecule has 0 aromatic carbocycles. The molecule has 2 heterocycles. The molecule has 0 amide bonds. The Hall–Kier alpha value is -1.06. The standard InChI is InChI=1S/C11H17N3O4S2/c1-7-9(8(10(15)16)14-13-7)20(17,18)12-6-11(2)4-3-5-19-11/h12H,3-6H2,1-2H3,(H,13,14)(H,15,16). The van der Waals surface area contributed by atoms with Gasteiger partial charge in [0, 0.05) is 11.3 Å². The number of hydrogen-bond acceptors (Lipinski definition) is 5. The molecule has 2 rings (SSSR count). The molecule has 3 N–H and O–H groups in total. The number of nitrogens with zero attached hydrogens (tertiary/aromatic N) is 1. The highest BCUT2D eigenvalue weighted by Gasteiger charge is 2.33. The number of aromatic carboxylic acids is 1. The van der Waals surface area contributed by atoms with Crippen molar-refractivity contribution in [1.82, 2.24) is 14.9 Å². The second kappa shape index (κ2) is 5.38. The zero-order valence-electron chi connectivity index (χ0n) is 11.3. The summed E-state index contributed by atoms with van der Waals surface area (Å²) in [6.45, 7) is 3.78. The highest BCUT2D eigenvalue weighted by molar-refractivity contribution is 8.01. The number of aromatic nitrogens is 2. The van der Waals surface area contributed by atoms with E-state index in [4.69, 9.17) is 5.11 Å². The molecule has 1 aromatic rings. The zero-order chi connectivity index (χ0) is 15.0. The Labute approximate surface area is 121 Å². The Morgan fingerprint density at radius 3 is 2.85 bits per heavy atom. The van der Waals surface area contributed by atoms with Crippen LogP contribution in [0.25, 0.3) is 0 Å². The van der Waals surface area contributed by atoms with Crippen LogP contribution in [-0.2, 0) is 10.0 Å². The van der Waals surface area contributed by atoms with Gasteiger partial charge in [-0.25, -0.2) is 17.9 Å².